The van der Waals surface area contributed by atoms with Crippen molar-refractivity contribution in [3.8, 4) is 17.0 Å². The lowest BCUT2D eigenvalue weighted by atomic mass is 9.50. The normalized spacial score (nSPS) is 28.4. The number of phenols is 1. The molecule has 5 rings (SSSR count). The lowest BCUT2D eigenvalue weighted by Gasteiger charge is -2.56. The summed E-state index contributed by atoms with van der Waals surface area (Å²) >= 11 is 0. The molecule has 1 aliphatic heterocycles. The number of aliphatic hydroxyl groups is 1. The number of amides is 1. The van der Waals surface area contributed by atoms with Gasteiger partial charge in [0.05, 0.1) is 17.4 Å². The van der Waals surface area contributed by atoms with Gasteiger partial charge in [-0.25, -0.2) is 0 Å². The lowest BCUT2D eigenvalue weighted by molar-refractivity contribution is -0.158. The van der Waals surface area contributed by atoms with E-state index < -0.39 is 17.5 Å². The van der Waals surface area contributed by atoms with Gasteiger partial charge in [0.1, 0.15) is 11.6 Å². The monoisotopic (exact) mass is 490 g/mol. The van der Waals surface area contributed by atoms with E-state index in [4.69, 9.17) is 0 Å². The molecule has 1 atom stereocenters. The SMILES string of the molecule is Cc1cc(N[C@@H]2CCCN(C(=O)C3CC4(CC(O)C4)C3)C2)nnc1-c1ccc(C(F)(F)F)cc1O. The largest absolute Gasteiger partial charge is 0.507 e. The summed E-state index contributed by atoms with van der Waals surface area (Å²) in [6.07, 6.45) is 0.406. The number of rotatable bonds is 4. The predicted molar refractivity (Wildman–Crippen MR) is 122 cm³/mol. The first-order chi connectivity index (χ1) is 16.5. The Morgan fingerprint density at radius 1 is 1.17 bits per heavy atom. The molecule has 1 saturated heterocycles. The van der Waals surface area contributed by atoms with Gasteiger partial charge in [0.15, 0.2) is 0 Å². The molecule has 2 saturated carbocycles. The first-order valence-electron chi connectivity index (χ1n) is 12.0. The summed E-state index contributed by atoms with van der Waals surface area (Å²) in [5, 5.41) is 31.4. The van der Waals surface area contributed by atoms with Crippen LogP contribution in [0, 0.1) is 18.3 Å². The Kier molecular flexibility index (Phi) is 5.89. The Bertz CT molecular complexity index is 1130. The molecule has 2 heterocycles. The summed E-state index contributed by atoms with van der Waals surface area (Å²) in [5.74, 6) is 0.259. The van der Waals surface area contributed by atoms with Gasteiger partial charge in [-0.1, -0.05) is 0 Å². The van der Waals surface area contributed by atoms with Gasteiger partial charge in [0.25, 0.3) is 0 Å². The summed E-state index contributed by atoms with van der Waals surface area (Å²) in [6.45, 7) is 3.07. The zero-order valence-corrected chi connectivity index (χ0v) is 19.5. The Morgan fingerprint density at radius 2 is 1.91 bits per heavy atom. The van der Waals surface area contributed by atoms with Crippen LogP contribution in [0.3, 0.4) is 0 Å². The Labute approximate surface area is 201 Å². The van der Waals surface area contributed by atoms with E-state index >= 15 is 0 Å². The molecule has 0 bridgehead atoms. The topological polar surface area (TPSA) is 98.6 Å². The first-order valence-corrected chi connectivity index (χ1v) is 12.0. The highest BCUT2D eigenvalue weighted by Crippen LogP contribution is 2.59. The zero-order valence-electron chi connectivity index (χ0n) is 19.5. The van der Waals surface area contributed by atoms with Crippen LogP contribution in [-0.2, 0) is 11.0 Å². The maximum atomic E-state index is 13.0. The molecule has 0 unspecified atom stereocenters. The number of carbonyl (C=O) groups excluding carboxylic acids is 1. The number of nitrogens with zero attached hydrogens (tertiary/aromatic N) is 3. The standard InChI is InChI=1S/C25H29F3N4O3/c1-14-7-21(30-31-22(14)19-5-4-16(8-20(19)34)25(26,27)28)29-17-3-2-6-32(13-17)23(35)15-9-24(10-15)11-18(33)12-24/h4-5,7-8,15,17-18,33-34H,2-3,6,9-13H2,1H3,(H,29,30)/t15?,17-,18?,24?/m1/s1. The van der Waals surface area contributed by atoms with E-state index in [-0.39, 0.29) is 34.9 Å². The van der Waals surface area contributed by atoms with Gasteiger partial charge < -0.3 is 20.4 Å². The van der Waals surface area contributed by atoms with Gasteiger partial charge in [-0.2, -0.15) is 13.2 Å². The van der Waals surface area contributed by atoms with Gasteiger partial charge >= 0.3 is 6.18 Å². The molecule has 1 spiro atoms. The van der Waals surface area contributed by atoms with Crippen LogP contribution in [0.25, 0.3) is 11.3 Å². The third-order valence-corrected chi connectivity index (χ3v) is 7.70. The second-order valence-corrected chi connectivity index (χ2v) is 10.4. The molecule has 3 fully saturated rings. The quantitative estimate of drug-likeness (QED) is 0.596. The molecule has 1 aromatic carbocycles. The third kappa shape index (κ3) is 4.68. The number of aromatic nitrogens is 2. The van der Waals surface area contributed by atoms with Crippen molar-refractivity contribution >= 4 is 11.7 Å². The second-order valence-electron chi connectivity index (χ2n) is 10.4. The van der Waals surface area contributed by atoms with Crippen molar-refractivity contribution in [2.24, 2.45) is 11.3 Å². The van der Waals surface area contributed by atoms with Crippen LogP contribution < -0.4 is 5.32 Å². The number of aryl methyl sites for hydroxylation is 1. The molecule has 1 aromatic heterocycles. The van der Waals surface area contributed by atoms with Crippen LogP contribution in [0.2, 0.25) is 0 Å². The highest BCUT2D eigenvalue weighted by atomic mass is 19.4. The number of alkyl halides is 3. The number of aromatic hydroxyl groups is 1. The van der Waals surface area contributed by atoms with Gasteiger partial charge in [0, 0.05) is 30.6 Å². The fraction of sp³-hybridized carbons (Fsp3) is 0.560. The number of phenolic OH excluding ortho intramolecular Hbond substituents is 1. The molecular formula is C25H29F3N4O3. The van der Waals surface area contributed by atoms with Crippen molar-refractivity contribution < 1.29 is 28.2 Å². The van der Waals surface area contributed by atoms with E-state index in [1.165, 1.54) is 6.07 Å². The molecule has 3 aliphatic rings. The molecular weight excluding hydrogens is 461 g/mol. The minimum Gasteiger partial charge on any atom is -0.507 e. The lowest BCUT2D eigenvalue weighted by Crippen LogP contribution is -2.56. The molecule has 35 heavy (non-hydrogen) atoms. The van der Waals surface area contributed by atoms with Gasteiger partial charge in [-0.05, 0) is 80.7 Å². The van der Waals surface area contributed by atoms with Gasteiger partial charge in [-0.3, -0.25) is 4.79 Å². The Morgan fingerprint density at radius 3 is 2.54 bits per heavy atom. The number of nitrogens with one attached hydrogen (secondary N) is 1. The molecule has 1 amide bonds. The van der Waals surface area contributed by atoms with Crippen molar-refractivity contribution in [1.29, 1.82) is 0 Å². The number of piperidine rings is 1. The molecule has 2 aromatic rings. The average Bonchev–Trinajstić information content (AvgIpc) is 2.75. The van der Waals surface area contributed by atoms with Crippen molar-refractivity contribution in [2.45, 2.75) is 63.8 Å². The maximum Gasteiger partial charge on any atom is 0.416 e. The van der Waals surface area contributed by atoms with E-state index in [0.29, 0.717) is 29.7 Å². The average molecular weight is 491 g/mol. The Hall–Kier alpha value is -2.88. The number of likely N-dealkylation sites (tertiary alicyclic amines) is 1. The molecule has 188 valence electrons. The first kappa shape index (κ1) is 23.8. The van der Waals surface area contributed by atoms with Gasteiger partial charge in [-0.15, -0.1) is 10.2 Å². The molecule has 10 heteroatoms. The highest BCUT2D eigenvalue weighted by molar-refractivity contribution is 5.80. The molecule has 7 nitrogen and oxygen atoms in total. The molecule has 0 radical (unpaired) electrons. The van der Waals surface area contributed by atoms with Gasteiger partial charge in [0.2, 0.25) is 5.91 Å². The zero-order chi connectivity index (χ0) is 25.0. The highest BCUT2D eigenvalue weighted by Gasteiger charge is 2.55. The van der Waals surface area contributed by atoms with Crippen LogP contribution in [0.15, 0.2) is 24.3 Å². The van der Waals surface area contributed by atoms with Crippen LogP contribution in [0.4, 0.5) is 19.0 Å². The number of benzene rings is 1. The fourth-order valence-electron chi connectivity index (χ4n) is 5.93. The van der Waals surface area contributed by atoms with E-state index in [1.54, 1.807) is 13.0 Å². The van der Waals surface area contributed by atoms with Crippen LogP contribution >= 0.6 is 0 Å². The van der Waals surface area contributed by atoms with Crippen molar-refractivity contribution in [3.05, 3.63) is 35.4 Å². The van der Waals surface area contributed by atoms with E-state index in [9.17, 15) is 28.2 Å². The summed E-state index contributed by atoms with van der Waals surface area (Å²) in [6, 6.07) is 4.56. The second kappa shape index (κ2) is 8.65. The summed E-state index contributed by atoms with van der Waals surface area (Å²) in [7, 11) is 0. The summed E-state index contributed by atoms with van der Waals surface area (Å²) in [5.41, 5.74) is 0.414. The minimum atomic E-state index is -4.54. The Balaban J connectivity index is 1.21. The van der Waals surface area contributed by atoms with E-state index in [0.717, 1.165) is 51.1 Å². The van der Waals surface area contributed by atoms with Crippen LogP contribution in [0.1, 0.15) is 49.7 Å². The predicted octanol–water partition coefficient (Wildman–Crippen LogP) is 4.13. The fourth-order valence-corrected chi connectivity index (χ4v) is 5.93. The van der Waals surface area contributed by atoms with Crippen LogP contribution in [0.5, 0.6) is 5.75 Å². The number of hydrogen-bond acceptors (Lipinski definition) is 6. The van der Waals surface area contributed by atoms with Crippen molar-refractivity contribution in [2.75, 3.05) is 18.4 Å². The van der Waals surface area contributed by atoms with Crippen molar-refractivity contribution in [3.63, 3.8) is 0 Å². The smallest absolute Gasteiger partial charge is 0.416 e. The number of carbonyl (C=O) groups is 1. The van der Waals surface area contributed by atoms with Crippen LogP contribution in [-0.4, -0.2) is 56.5 Å². The maximum absolute atomic E-state index is 13.0. The van der Waals surface area contributed by atoms with E-state index in [1.807, 2.05) is 4.90 Å². The van der Waals surface area contributed by atoms with E-state index in [2.05, 4.69) is 15.5 Å². The van der Waals surface area contributed by atoms with Crippen molar-refractivity contribution in [1.82, 2.24) is 15.1 Å². The number of halogens is 3. The minimum absolute atomic E-state index is 0.0197. The summed E-state index contributed by atoms with van der Waals surface area (Å²) in [4.78, 5) is 14.9. The number of aliphatic hydroxyl groups excluding tert-OH is 1. The molecule has 2 aliphatic carbocycles. The number of hydrogen-bond donors (Lipinski definition) is 3. The summed E-state index contributed by atoms with van der Waals surface area (Å²) < 4.78 is 38.7. The number of anilines is 1. The third-order valence-electron chi connectivity index (χ3n) is 7.70. The molecule has 3 N–H and O–H groups in total.